The van der Waals surface area contributed by atoms with E-state index in [2.05, 4.69) is 0 Å². The Hall–Kier alpha value is -2.34. The first kappa shape index (κ1) is 17.0. The second-order valence-corrected chi connectivity index (χ2v) is 6.69. The number of rotatable bonds is 6. The third kappa shape index (κ3) is 4.56. The number of hydrogen-bond acceptors (Lipinski definition) is 4. The molecule has 2 aromatic carbocycles. The van der Waals surface area contributed by atoms with E-state index in [1.165, 1.54) is 44.6 Å². The highest BCUT2D eigenvalue weighted by Gasteiger charge is 2.17. The fourth-order valence-corrected chi connectivity index (χ4v) is 3.22. The predicted octanol–water partition coefficient (Wildman–Crippen LogP) is 3.43. The van der Waals surface area contributed by atoms with Crippen LogP contribution in [0.5, 0.6) is 11.5 Å². The van der Waals surface area contributed by atoms with Gasteiger partial charge >= 0.3 is 0 Å². The molecule has 0 aliphatic carbocycles. The van der Waals surface area contributed by atoms with Crippen molar-refractivity contribution in [1.82, 2.24) is 0 Å². The molecular weight excluding hydrogens is 319 g/mol. The van der Waals surface area contributed by atoms with E-state index in [0.717, 1.165) is 5.41 Å². The van der Waals surface area contributed by atoms with Crippen LogP contribution < -0.4 is 9.47 Å². The van der Waals surface area contributed by atoms with E-state index in [1.807, 2.05) is 0 Å². The first-order chi connectivity index (χ1) is 10.9. The number of ether oxygens (including phenoxy) is 2. The first-order valence-electron chi connectivity index (χ1n) is 6.81. The van der Waals surface area contributed by atoms with Gasteiger partial charge in [-0.3, -0.25) is 0 Å². The minimum Gasteiger partial charge on any atom is -0.496 e. The van der Waals surface area contributed by atoms with Crippen LogP contribution in [0.25, 0.3) is 6.08 Å². The molecule has 0 aliphatic heterocycles. The molecular formula is C17H17FO4S. The van der Waals surface area contributed by atoms with E-state index in [0.29, 0.717) is 22.6 Å². The summed E-state index contributed by atoms with van der Waals surface area (Å²) in [6.45, 7) is 0. The minimum atomic E-state index is -3.54. The molecule has 6 heteroatoms. The zero-order valence-corrected chi connectivity index (χ0v) is 13.6. The zero-order chi connectivity index (χ0) is 16.9. The van der Waals surface area contributed by atoms with E-state index >= 15 is 0 Å². The van der Waals surface area contributed by atoms with E-state index in [1.54, 1.807) is 18.2 Å². The molecule has 0 aromatic heterocycles. The maximum Gasteiger partial charge on any atom is 0.176 e. The summed E-state index contributed by atoms with van der Waals surface area (Å²) < 4.78 is 47.9. The third-order valence-corrected chi connectivity index (χ3v) is 4.46. The summed E-state index contributed by atoms with van der Waals surface area (Å²) in [5, 5.41) is 1.10. The summed E-state index contributed by atoms with van der Waals surface area (Å²) in [5.74, 6) is 0.271. The van der Waals surface area contributed by atoms with Gasteiger partial charge < -0.3 is 9.47 Å². The Morgan fingerprint density at radius 3 is 2.09 bits per heavy atom. The van der Waals surface area contributed by atoms with Crippen LogP contribution in [0.2, 0.25) is 0 Å². The van der Waals surface area contributed by atoms with Crippen molar-refractivity contribution in [2.75, 3.05) is 14.2 Å². The van der Waals surface area contributed by atoms with Gasteiger partial charge in [-0.15, -0.1) is 0 Å². The Morgan fingerprint density at radius 2 is 1.57 bits per heavy atom. The van der Waals surface area contributed by atoms with Crippen molar-refractivity contribution in [3.63, 3.8) is 0 Å². The lowest BCUT2D eigenvalue weighted by molar-refractivity contribution is 0.387. The third-order valence-electron chi connectivity index (χ3n) is 3.21. The maximum atomic E-state index is 12.8. The number of hydrogen-bond donors (Lipinski definition) is 0. The van der Waals surface area contributed by atoms with Gasteiger partial charge in [-0.1, -0.05) is 18.2 Å². The lowest BCUT2D eigenvalue weighted by Gasteiger charge is -2.12. The topological polar surface area (TPSA) is 52.6 Å². The quantitative estimate of drug-likeness (QED) is 0.811. The molecule has 2 aromatic rings. The SMILES string of the molecule is COc1cccc(OC)c1CS(=O)(=O)/C=C/c1ccc(F)cc1. The molecule has 0 spiro atoms. The van der Waals surface area contributed by atoms with Crippen LogP contribution in [-0.2, 0) is 15.6 Å². The lowest BCUT2D eigenvalue weighted by Crippen LogP contribution is -2.04. The van der Waals surface area contributed by atoms with Crippen LogP contribution in [0, 0.1) is 5.82 Å². The monoisotopic (exact) mass is 336 g/mol. The summed E-state index contributed by atoms with van der Waals surface area (Å²) in [6, 6.07) is 10.6. The van der Waals surface area contributed by atoms with E-state index in [4.69, 9.17) is 9.47 Å². The van der Waals surface area contributed by atoms with Crippen molar-refractivity contribution < 1.29 is 22.3 Å². The Kier molecular flexibility index (Phi) is 5.39. The van der Waals surface area contributed by atoms with E-state index < -0.39 is 9.84 Å². The molecule has 0 radical (unpaired) electrons. The van der Waals surface area contributed by atoms with Gasteiger partial charge in [0.05, 0.1) is 25.5 Å². The fraction of sp³-hybridized carbons (Fsp3) is 0.176. The largest absolute Gasteiger partial charge is 0.496 e. The molecule has 0 amide bonds. The molecule has 0 unspecified atom stereocenters. The maximum absolute atomic E-state index is 12.8. The molecule has 0 N–H and O–H groups in total. The van der Waals surface area contributed by atoms with Crippen LogP contribution in [-0.4, -0.2) is 22.6 Å². The van der Waals surface area contributed by atoms with Gasteiger partial charge in [-0.2, -0.15) is 0 Å². The highest BCUT2D eigenvalue weighted by Crippen LogP contribution is 2.30. The average Bonchev–Trinajstić information content (AvgIpc) is 2.54. The van der Waals surface area contributed by atoms with Crippen LogP contribution in [0.4, 0.5) is 4.39 Å². The van der Waals surface area contributed by atoms with E-state index in [-0.39, 0.29) is 11.6 Å². The van der Waals surface area contributed by atoms with E-state index in [9.17, 15) is 12.8 Å². The molecule has 0 atom stereocenters. The Morgan fingerprint density at radius 1 is 1.00 bits per heavy atom. The molecule has 0 bridgehead atoms. The normalized spacial score (nSPS) is 11.6. The predicted molar refractivity (Wildman–Crippen MR) is 87.6 cm³/mol. The van der Waals surface area contributed by atoms with Gasteiger partial charge in [0, 0.05) is 5.41 Å². The number of benzene rings is 2. The van der Waals surface area contributed by atoms with Crippen LogP contribution in [0.1, 0.15) is 11.1 Å². The number of methoxy groups -OCH3 is 2. The molecule has 2 rings (SSSR count). The standard InChI is InChI=1S/C17H17FO4S/c1-21-16-4-3-5-17(22-2)15(16)12-23(19,20)11-10-13-6-8-14(18)9-7-13/h3-11H,12H2,1-2H3/b11-10+. The minimum absolute atomic E-state index is 0.252. The molecule has 4 nitrogen and oxygen atoms in total. The van der Waals surface area contributed by atoms with Crippen molar-refractivity contribution in [2.45, 2.75) is 5.75 Å². The van der Waals surface area contributed by atoms with Crippen molar-refractivity contribution in [3.8, 4) is 11.5 Å². The average molecular weight is 336 g/mol. The summed E-state index contributed by atoms with van der Waals surface area (Å²) in [5.41, 5.74) is 1.06. The second kappa shape index (κ2) is 7.28. The summed E-state index contributed by atoms with van der Waals surface area (Å²) in [7, 11) is -0.599. The van der Waals surface area contributed by atoms with Gasteiger partial charge in [-0.25, -0.2) is 12.8 Å². The van der Waals surface area contributed by atoms with Gasteiger partial charge in [0.25, 0.3) is 0 Å². The molecule has 122 valence electrons. The fourth-order valence-electron chi connectivity index (χ4n) is 2.08. The second-order valence-electron chi connectivity index (χ2n) is 4.80. The summed E-state index contributed by atoms with van der Waals surface area (Å²) >= 11 is 0. The molecule has 23 heavy (non-hydrogen) atoms. The molecule has 0 saturated heterocycles. The Labute approximate surface area is 135 Å². The first-order valence-corrected chi connectivity index (χ1v) is 8.53. The lowest BCUT2D eigenvalue weighted by atomic mass is 10.2. The van der Waals surface area contributed by atoms with Gasteiger partial charge in [0.1, 0.15) is 17.3 Å². The van der Waals surface area contributed by atoms with Crippen LogP contribution in [0.3, 0.4) is 0 Å². The van der Waals surface area contributed by atoms with Crippen molar-refractivity contribution >= 4 is 15.9 Å². The summed E-state index contributed by atoms with van der Waals surface area (Å²) in [6.07, 6.45) is 1.43. The highest BCUT2D eigenvalue weighted by atomic mass is 32.2. The molecule has 0 saturated carbocycles. The van der Waals surface area contributed by atoms with Crippen LogP contribution >= 0.6 is 0 Å². The van der Waals surface area contributed by atoms with Crippen molar-refractivity contribution in [3.05, 3.63) is 64.8 Å². The zero-order valence-electron chi connectivity index (χ0n) is 12.8. The Bertz CT molecular complexity index is 774. The number of sulfone groups is 1. The molecule has 0 heterocycles. The Balaban J connectivity index is 2.26. The smallest absolute Gasteiger partial charge is 0.176 e. The molecule has 0 fully saturated rings. The van der Waals surface area contributed by atoms with Gasteiger partial charge in [0.15, 0.2) is 9.84 Å². The number of halogens is 1. The van der Waals surface area contributed by atoms with Crippen LogP contribution in [0.15, 0.2) is 47.9 Å². The van der Waals surface area contributed by atoms with Gasteiger partial charge in [0.2, 0.25) is 0 Å². The highest BCUT2D eigenvalue weighted by molar-refractivity contribution is 7.93. The summed E-state index contributed by atoms with van der Waals surface area (Å²) in [4.78, 5) is 0. The van der Waals surface area contributed by atoms with Crippen molar-refractivity contribution in [2.24, 2.45) is 0 Å². The molecule has 0 aliphatic rings. The van der Waals surface area contributed by atoms with Crippen molar-refractivity contribution in [1.29, 1.82) is 0 Å². The van der Waals surface area contributed by atoms with Gasteiger partial charge in [-0.05, 0) is 35.9 Å².